The van der Waals surface area contributed by atoms with Gasteiger partial charge in [0.25, 0.3) is 5.19 Å². The van der Waals surface area contributed by atoms with Crippen LogP contribution in [-0.2, 0) is 6.54 Å². The van der Waals surface area contributed by atoms with Crippen molar-refractivity contribution in [2.45, 2.75) is 39.2 Å². The number of aromatic nitrogens is 2. The SMILES string of the molecule is Cc1cc(CN)cc(C)c1Oc1nc(C2CC2)ns1. The van der Waals surface area contributed by atoms with E-state index in [0.717, 1.165) is 28.3 Å². The Balaban J connectivity index is 1.85. The van der Waals surface area contributed by atoms with Crippen molar-refractivity contribution in [1.29, 1.82) is 0 Å². The lowest BCUT2D eigenvalue weighted by atomic mass is 10.1. The van der Waals surface area contributed by atoms with Crippen molar-refractivity contribution in [1.82, 2.24) is 9.36 Å². The number of nitrogens with two attached hydrogens (primary N) is 1. The van der Waals surface area contributed by atoms with Crippen molar-refractivity contribution in [2.24, 2.45) is 5.73 Å². The predicted octanol–water partition coefficient (Wildman–Crippen LogP) is 3.28. The summed E-state index contributed by atoms with van der Waals surface area (Å²) in [6, 6.07) is 4.12. The van der Waals surface area contributed by atoms with Gasteiger partial charge in [-0.05, 0) is 43.4 Å². The molecule has 0 bridgehead atoms. The Bertz CT molecular complexity index is 581. The average molecular weight is 275 g/mol. The maximum Gasteiger partial charge on any atom is 0.298 e. The second-order valence-electron chi connectivity index (χ2n) is 5.06. The lowest BCUT2D eigenvalue weighted by Gasteiger charge is -2.10. The molecule has 0 atom stereocenters. The Kier molecular flexibility index (Phi) is 3.24. The summed E-state index contributed by atoms with van der Waals surface area (Å²) in [6.45, 7) is 4.61. The van der Waals surface area contributed by atoms with Crippen molar-refractivity contribution in [3.8, 4) is 10.9 Å². The maximum absolute atomic E-state index is 5.90. The van der Waals surface area contributed by atoms with Crippen molar-refractivity contribution in [3.63, 3.8) is 0 Å². The van der Waals surface area contributed by atoms with Gasteiger partial charge in [0.1, 0.15) is 11.6 Å². The number of nitrogens with zero attached hydrogens (tertiary/aromatic N) is 2. The fraction of sp³-hybridized carbons (Fsp3) is 0.429. The minimum absolute atomic E-state index is 0.548. The molecule has 1 aromatic carbocycles. The van der Waals surface area contributed by atoms with Crippen LogP contribution in [0.2, 0.25) is 0 Å². The fourth-order valence-electron chi connectivity index (χ4n) is 2.18. The predicted molar refractivity (Wildman–Crippen MR) is 75.8 cm³/mol. The molecule has 100 valence electrons. The molecule has 1 aliphatic rings. The van der Waals surface area contributed by atoms with Gasteiger partial charge in [-0.3, -0.25) is 0 Å². The summed E-state index contributed by atoms with van der Waals surface area (Å²) in [5, 5.41) is 0.633. The summed E-state index contributed by atoms with van der Waals surface area (Å²) in [6.07, 6.45) is 2.42. The van der Waals surface area contributed by atoms with E-state index < -0.39 is 0 Å². The lowest BCUT2D eigenvalue weighted by Crippen LogP contribution is -1.99. The van der Waals surface area contributed by atoms with Crippen LogP contribution in [0.1, 0.15) is 41.3 Å². The van der Waals surface area contributed by atoms with Crippen molar-refractivity contribution >= 4 is 11.5 Å². The van der Waals surface area contributed by atoms with E-state index in [9.17, 15) is 0 Å². The van der Waals surface area contributed by atoms with E-state index >= 15 is 0 Å². The Morgan fingerprint density at radius 1 is 1.32 bits per heavy atom. The van der Waals surface area contributed by atoms with Crippen molar-refractivity contribution in [3.05, 3.63) is 34.6 Å². The molecular formula is C14H17N3OS. The number of hydrogen-bond donors (Lipinski definition) is 1. The number of benzene rings is 1. The smallest absolute Gasteiger partial charge is 0.298 e. The standard InChI is InChI=1S/C14H17N3OS/c1-8-5-10(7-15)6-9(2)12(8)18-14-16-13(17-19-14)11-3-4-11/h5-6,11H,3-4,7,15H2,1-2H3. The van der Waals surface area contributed by atoms with Gasteiger partial charge in [0, 0.05) is 24.0 Å². The quantitative estimate of drug-likeness (QED) is 0.930. The third-order valence-electron chi connectivity index (χ3n) is 3.31. The Hall–Kier alpha value is -1.46. The first-order valence-electron chi connectivity index (χ1n) is 6.49. The molecule has 2 aromatic rings. The normalized spacial score (nSPS) is 14.7. The lowest BCUT2D eigenvalue weighted by molar-refractivity contribution is 0.469. The summed E-state index contributed by atoms with van der Waals surface area (Å²) in [7, 11) is 0. The van der Waals surface area contributed by atoms with Crippen LogP contribution in [0.4, 0.5) is 0 Å². The molecular weight excluding hydrogens is 258 g/mol. The van der Waals surface area contributed by atoms with Crippen LogP contribution in [0.25, 0.3) is 0 Å². The van der Waals surface area contributed by atoms with Gasteiger partial charge in [0.2, 0.25) is 0 Å². The van der Waals surface area contributed by atoms with Gasteiger partial charge >= 0.3 is 0 Å². The summed E-state index contributed by atoms with van der Waals surface area (Å²) in [5.74, 6) is 2.37. The molecule has 5 heteroatoms. The summed E-state index contributed by atoms with van der Waals surface area (Å²) in [5.41, 5.74) is 8.97. The van der Waals surface area contributed by atoms with Gasteiger partial charge in [0.15, 0.2) is 0 Å². The second kappa shape index (κ2) is 4.90. The van der Waals surface area contributed by atoms with Crippen molar-refractivity contribution < 1.29 is 4.74 Å². The molecule has 2 N–H and O–H groups in total. The van der Waals surface area contributed by atoms with E-state index in [4.69, 9.17) is 10.5 Å². The molecule has 4 nitrogen and oxygen atoms in total. The summed E-state index contributed by atoms with van der Waals surface area (Å²) >= 11 is 1.33. The Labute approximate surface area is 116 Å². The van der Waals surface area contributed by atoms with Crippen LogP contribution in [0.3, 0.4) is 0 Å². The van der Waals surface area contributed by atoms with E-state index in [1.165, 1.54) is 24.4 Å². The molecule has 0 amide bonds. The Morgan fingerprint density at radius 2 is 2.00 bits per heavy atom. The molecule has 1 aliphatic carbocycles. The molecule has 1 fully saturated rings. The van der Waals surface area contributed by atoms with Gasteiger partial charge in [0.05, 0.1) is 0 Å². The van der Waals surface area contributed by atoms with Crippen LogP contribution >= 0.6 is 11.5 Å². The second-order valence-corrected chi connectivity index (χ2v) is 5.77. The molecule has 0 radical (unpaired) electrons. The highest BCUT2D eigenvalue weighted by molar-refractivity contribution is 7.07. The number of ether oxygens (including phenoxy) is 1. The molecule has 3 rings (SSSR count). The highest BCUT2D eigenvalue weighted by Gasteiger charge is 2.28. The van der Waals surface area contributed by atoms with E-state index in [2.05, 4.69) is 21.5 Å². The highest BCUT2D eigenvalue weighted by atomic mass is 32.1. The molecule has 19 heavy (non-hydrogen) atoms. The van der Waals surface area contributed by atoms with Gasteiger partial charge in [-0.1, -0.05) is 12.1 Å². The van der Waals surface area contributed by atoms with E-state index in [-0.39, 0.29) is 0 Å². The van der Waals surface area contributed by atoms with Crippen LogP contribution in [-0.4, -0.2) is 9.36 Å². The molecule has 0 spiro atoms. The number of hydrogen-bond acceptors (Lipinski definition) is 5. The summed E-state index contributed by atoms with van der Waals surface area (Å²) < 4.78 is 10.3. The molecule has 1 saturated carbocycles. The first kappa shape index (κ1) is 12.6. The molecule has 1 heterocycles. The van der Waals surface area contributed by atoms with Crippen LogP contribution < -0.4 is 10.5 Å². The fourth-order valence-corrected chi connectivity index (χ4v) is 2.79. The van der Waals surface area contributed by atoms with Gasteiger partial charge in [-0.15, -0.1) is 0 Å². The van der Waals surface area contributed by atoms with Gasteiger partial charge in [-0.2, -0.15) is 9.36 Å². The van der Waals surface area contributed by atoms with E-state index in [1.54, 1.807) is 0 Å². The molecule has 0 unspecified atom stereocenters. The molecule has 1 aromatic heterocycles. The minimum Gasteiger partial charge on any atom is -0.429 e. The average Bonchev–Trinajstić information content (AvgIpc) is 3.14. The highest BCUT2D eigenvalue weighted by Crippen LogP contribution is 2.40. The zero-order valence-electron chi connectivity index (χ0n) is 11.1. The first-order valence-corrected chi connectivity index (χ1v) is 7.26. The zero-order valence-corrected chi connectivity index (χ0v) is 12.0. The third kappa shape index (κ3) is 2.62. The largest absolute Gasteiger partial charge is 0.429 e. The van der Waals surface area contributed by atoms with Crippen LogP contribution in [0.5, 0.6) is 10.9 Å². The maximum atomic E-state index is 5.90. The third-order valence-corrected chi connectivity index (χ3v) is 3.92. The number of aryl methyl sites for hydroxylation is 2. The zero-order chi connectivity index (χ0) is 13.4. The molecule has 0 aliphatic heterocycles. The monoisotopic (exact) mass is 275 g/mol. The summed E-state index contributed by atoms with van der Waals surface area (Å²) in [4.78, 5) is 4.45. The first-order chi connectivity index (χ1) is 9.17. The van der Waals surface area contributed by atoms with Crippen molar-refractivity contribution in [2.75, 3.05) is 0 Å². The van der Waals surface area contributed by atoms with Gasteiger partial charge in [-0.25, -0.2) is 0 Å². The minimum atomic E-state index is 0.548. The number of rotatable bonds is 4. The van der Waals surface area contributed by atoms with E-state index in [0.29, 0.717) is 17.7 Å². The molecule has 0 saturated heterocycles. The van der Waals surface area contributed by atoms with Crippen LogP contribution in [0.15, 0.2) is 12.1 Å². The Morgan fingerprint density at radius 3 is 2.58 bits per heavy atom. The van der Waals surface area contributed by atoms with Crippen LogP contribution in [0, 0.1) is 13.8 Å². The topological polar surface area (TPSA) is 61.0 Å². The van der Waals surface area contributed by atoms with E-state index in [1.807, 2.05) is 13.8 Å². The van der Waals surface area contributed by atoms with Gasteiger partial charge < -0.3 is 10.5 Å².